The molecule has 1 amide bonds. The molecule has 1 heterocycles. The van der Waals surface area contributed by atoms with Gasteiger partial charge >= 0.3 is 5.97 Å². The summed E-state index contributed by atoms with van der Waals surface area (Å²) >= 11 is 0. The first-order valence-corrected chi connectivity index (χ1v) is 6.23. The number of nitrogens with one attached hydrogen (secondary N) is 1. The molecule has 0 aliphatic heterocycles. The number of hydrogen-bond acceptors (Lipinski definition) is 4. The topological polar surface area (TPSA) is 88.8 Å². The highest BCUT2D eigenvalue weighted by atomic mass is 16.5. The lowest BCUT2D eigenvalue weighted by molar-refractivity contribution is 0.0658. The third kappa shape index (κ3) is 5.56. The summed E-state index contributed by atoms with van der Waals surface area (Å²) in [5, 5.41) is 11.3. The van der Waals surface area contributed by atoms with E-state index in [0.29, 0.717) is 13.2 Å². The standard InChI is InChI=1S/C13H19NO5/c1-9(2)18-8-4-3-7-14-12(15)10-5-6-11(19-10)13(16)17/h5-6,9H,3-4,7-8H2,1-2H3,(H,14,15)(H,16,17). The molecular formula is C13H19NO5. The summed E-state index contributed by atoms with van der Waals surface area (Å²) in [5.74, 6) is -1.83. The number of rotatable bonds is 8. The van der Waals surface area contributed by atoms with Crippen molar-refractivity contribution in [2.45, 2.75) is 32.8 Å². The minimum absolute atomic E-state index is 0.0100. The van der Waals surface area contributed by atoms with Crippen molar-refractivity contribution in [2.75, 3.05) is 13.2 Å². The van der Waals surface area contributed by atoms with Gasteiger partial charge in [0.2, 0.25) is 5.76 Å². The van der Waals surface area contributed by atoms with Crippen molar-refractivity contribution in [1.82, 2.24) is 5.32 Å². The molecule has 0 unspecified atom stereocenters. The van der Waals surface area contributed by atoms with E-state index in [1.165, 1.54) is 12.1 Å². The summed E-state index contributed by atoms with van der Waals surface area (Å²) < 4.78 is 10.2. The van der Waals surface area contributed by atoms with Crippen LogP contribution in [-0.2, 0) is 4.74 Å². The fourth-order valence-corrected chi connectivity index (χ4v) is 1.41. The lowest BCUT2D eigenvalue weighted by atomic mass is 10.3. The lowest BCUT2D eigenvalue weighted by Crippen LogP contribution is -2.24. The molecule has 0 aliphatic carbocycles. The molecule has 106 valence electrons. The Morgan fingerprint density at radius 2 is 2.00 bits per heavy atom. The lowest BCUT2D eigenvalue weighted by Gasteiger charge is -2.07. The Hall–Kier alpha value is -1.82. The number of carbonyl (C=O) groups excluding carboxylic acids is 1. The van der Waals surface area contributed by atoms with Gasteiger partial charge in [0.25, 0.3) is 5.91 Å². The fraction of sp³-hybridized carbons (Fsp3) is 0.538. The first kappa shape index (κ1) is 15.2. The average molecular weight is 269 g/mol. The molecule has 0 bridgehead atoms. The maximum absolute atomic E-state index is 11.6. The highest BCUT2D eigenvalue weighted by molar-refractivity contribution is 5.93. The molecule has 0 saturated heterocycles. The Morgan fingerprint density at radius 1 is 1.32 bits per heavy atom. The van der Waals surface area contributed by atoms with Crippen LogP contribution in [0.25, 0.3) is 0 Å². The van der Waals surface area contributed by atoms with E-state index in [1.54, 1.807) is 0 Å². The van der Waals surface area contributed by atoms with E-state index < -0.39 is 11.9 Å². The predicted molar refractivity (Wildman–Crippen MR) is 68.3 cm³/mol. The number of aromatic carboxylic acids is 1. The third-order valence-corrected chi connectivity index (χ3v) is 2.35. The first-order chi connectivity index (χ1) is 9.00. The summed E-state index contributed by atoms with van der Waals surface area (Å²) in [6.07, 6.45) is 1.87. The van der Waals surface area contributed by atoms with E-state index in [1.807, 2.05) is 13.8 Å². The molecule has 6 nitrogen and oxygen atoms in total. The van der Waals surface area contributed by atoms with Crippen molar-refractivity contribution in [3.63, 3.8) is 0 Å². The fourth-order valence-electron chi connectivity index (χ4n) is 1.41. The van der Waals surface area contributed by atoms with Crippen molar-refractivity contribution in [3.05, 3.63) is 23.7 Å². The second-order valence-corrected chi connectivity index (χ2v) is 4.35. The molecule has 1 rings (SSSR count). The van der Waals surface area contributed by atoms with Gasteiger partial charge in [0, 0.05) is 13.2 Å². The van der Waals surface area contributed by atoms with Crippen LogP contribution in [-0.4, -0.2) is 36.2 Å². The molecule has 0 fully saturated rings. The molecule has 2 N–H and O–H groups in total. The summed E-state index contributed by atoms with van der Waals surface area (Å²) in [6, 6.07) is 2.61. The van der Waals surface area contributed by atoms with Gasteiger partial charge in [0.05, 0.1) is 6.10 Å². The third-order valence-electron chi connectivity index (χ3n) is 2.35. The van der Waals surface area contributed by atoms with Crippen molar-refractivity contribution in [2.24, 2.45) is 0 Å². The van der Waals surface area contributed by atoms with Crippen molar-refractivity contribution < 1.29 is 23.8 Å². The SMILES string of the molecule is CC(C)OCCCCNC(=O)c1ccc(C(=O)O)o1. The number of unbranched alkanes of at least 4 members (excludes halogenated alkanes) is 1. The second-order valence-electron chi connectivity index (χ2n) is 4.35. The maximum atomic E-state index is 11.6. The van der Waals surface area contributed by atoms with E-state index in [-0.39, 0.29) is 17.6 Å². The zero-order valence-electron chi connectivity index (χ0n) is 11.1. The van der Waals surface area contributed by atoms with Gasteiger partial charge in [0.15, 0.2) is 5.76 Å². The van der Waals surface area contributed by atoms with Gasteiger partial charge in [-0.1, -0.05) is 0 Å². The molecule has 0 spiro atoms. The Bertz CT molecular complexity index is 424. The van der Waals surface area contributed by atoms with E-state index in [4.69, 9.17) is 14.3 Å². The molecule has 6 heteroatoms. The molecule has 0 aliphatic rings. The minimum Gasteiger partial charge on any atom is -0.475 e. The maximum Gasteiger partial charge on any atom is 0.371 e. The van der Waals surface area contributed by atoms with Gasteiger partial charge in [-0.25, -0.2) is 4.79 Å². The molecule has 19 heavy (non-hydrogen) atoms. The summed E-state index contributed by atoms with van der Waals surface area (Å²) in [4.78, 5) is 22.2. The second kappa shape index (κ2) is 7.58. The van der Waals surface area contributed by atoms with Crippen molar-refractivity contribution in [3.8, 4) is 0 Å². The van der Waals surface area contributed by atoms with Crippen LogP contribution in [0.5, 0.6) is 0 Å². The number of amides is 1. The van der Waals surface area contributed by atoms with Crippen LogP contribution in [0.1, 0.15) is 47.8 Å². The number of carboxylic acid groups (broad SMARTS) is 1. The van der Waals surface area contributed by atoms with Gasteiger partial charge in [0.1, 0.15) is 0 Å². The molecule has 0 aromatic carbocycles. The highest BCUT2D eigenvalue weighted by Crippen LogP contribution is 2.07. The number of carbonyl (C=O) groups is 2. The van der Waals surface area contributed by atoms with Gasteiger partial charge in [-0.15, -0.1) is 0 Å². The Kier molecular flexibility index (Phi) is 6.08. The van der Waals surface area contributed by atoms with E-state index in [0.717, 1.165) is 12.8 Å². The quantitative estimate of drug-likeness (QED) is 0.704. The molecule has 0 radical (unpaired) electrons. The molecule has 0 saturated carbocycles. The van der Waals surface area contributed by atoms with Crippen LogP contribution in [0.15, 0.2) is 16.5 Å². The van der Waals surface area contributed by atoms with Crippen LogP contribution in [0.4, 0.5) is 0 Å². The average Bonchev–Trinajstić information content (AvgIpc) is 2.82. The zero-order valence-corrected chi connectivity index (χ0v) is 11.1. The van der Waals surface area contributed by atoms with E-state index in [9.17, 15) is 9.59 Å². The Labute approximate surface area is 111 Å². The molecule has 1 aromatic heterocycles. The van der Waals surface area contributed by atoms with Crippen LogP contribution < -0.4 is 5.32 Å². The highest BCUT2D eigenvalue weighted by Gasteiger charge is 2.14. The Balaban J connectivity index is 2.22. The zero-order chi connectivity index (χ0) is 14.3. The van der Waals surface area contributed by atoms with Crippen molar-refractivity contribution >= 4 is 11.9 Å². The molecular weight excluding hydrogens is 250 g/mol. The van der Waals surface area contributed by atoms with Crippen LogP contribution in [0.2, 0.25) is 0 Å². The van der Waals surface area contributed by atoms with Crippen LogP contribution >= 0.6 is 0 Å². The number of furan rings is 1. The number of carboxylic acids is 1. The number of hydrogen-bond donors (Lipinski definition) is 2. The monoisotopic (exact) mass is 269 g/mol. The summed E-state index contributed by atoms with van der Waals surface area (Å²) in [6.45, 7) is 5.11. The summed E-state index contributed by atoms with van der Waals surface area (Å²) in [7, 11) is 0. The minimum atomic E-state index is -1.19. The van der Waals surface area contributed by atoms with Crippen molar-refractivity contribution in [1.29, 1.82) is 0 Å². The van der Waals surface area contributed by atoms with Gasteiger partial charge in [-0.05, 0) is 38.8 Å². The van der Waals surface area contributed by atoms with Crippen LogP contribution in [0.3, 0.4) is 0 Å². The predicted octanol–water partition coefficient (Wildman–Crippen LogP) is 1.91. The summed E-state index contributed by atoms with van der Waals surface area (Å²) in [5.41, 5.74) is 0. The number of ether oxygens (including phenoxy) is 1. The normalized spacial score (nSPS) is 10.7. The van der Waals surface area contributed by atoms with Gasteiger partial charge in [-0.2, -0.15) is 0 Å². The van der Waals surface area contributed by atoms with E-state index in [2.05, 4.69) is 5.32 Å². The van der Waals surface area contributed by atoms with Gasteiger partial charge < -0.3 is 19.6 Å². The largest absolute Gasteiger partial charge is 0.475 e. The van der Waals surface area contributed by atoms with E-state index >= 15 is 0 Å². The first-order valence-electron chi connectivity index (χ1n) is 6.23. The smallest absolute Gasteiger partial charge is 0.371 e. The molecule has 1 aromatic rings. The van der Waals surface area contributed by atoms with Gasteiger partial charge in [-0.3, -0.25) is 4.79 Å². The molecule has 0 atom stereocenters. The Morgan fingerprint density at radius 3 is 2.58 bits per heavy atom. The van der Waals surface area contributed by atoms with Crippen LogP contribution in [0, 0.1) is 0 Å².